The molecule has 0 aromatic heterocycles. The Morgan fingerprint density at radius 3 is 2.87 bits per heavy atom. The fraction of sp³-hybridized carbons (Fsp3) is 0.455. The van der Waals surface area contributed by atoms with Crippen molar-refractivity contribution in [1.82, 2.24) is 0 Å². The van der Waals surface area contributed by atoms with Gasteiger partial charge in [-0.1, -0.05) is 12.1 Å². The monoisotopic (exact) mass is 211 g/mol. The van der Waals surface area contributed by atoms with E-state index in [0.717, 1.165) is 5.56 Å². The minimum atomic E-state index is -0.566. The number of rotatable bonds is 2. The molecule has 2 N–H and O–H groups in total. The van der Waals surface area contributed by atoms with Gasteiger partial charge >= 0.3 is 0 Å². The summed E-state index contributed by atoms with van der Waals surface area (Å²) in [6.07, 6.45) is -0.566. The smallest absolute Gasteiger partial charge is 0.146 e. The van der Waals surface area contributed by atoms with Crippen LogP contribution in [-0.2, 0) is 4.74 Å². The van der Waals surface area contributed by atoms with Gasteiger partial charge in [0.1, 0.15) is 5.82 Å². The van der Waals surface area contributed by atoms with E-state index >= 15 is 0 Å². The number of hydrogen-bond donors (Lipinski definition) is 2. The topological polar surface area (TPSA) is 41.5 Å². The fourth-order valence-corrected chi connectivity index (χ4v) is 1.68. The summed E-state index contributed by atoms with van der Waals surface area (Å²) in [6.45, 7) is 2.55. The predicted molar refractivity (Wildman–Crippen MR) is 55.4 cm³/mol. The molecule has 1 heterocycles. The van der Waals surface area contributed by atoms with Gasteiger partial charge in [0.05, 0.1) is 31.0 Å². The van der Waals surface area contributed by atoms with Crippen LogP contribution in [0.25, 0.3) is 0 Å². The molecule has 0 aliphatic carbocycles. The predicted octanol–water partition coefficient (Wildman–Crippen LogP) is 1.31. The molecule has 2 unspecified atom stereocenters. The first-order valence-corrected chi connectivity index (χ1v) is 4.96. The van der Waals surface area contributed by atoms with Gasteiger partial charge in [0, 0.05) is 0 Å². The summed E-state index contributed by atoms with van der Waals surface area (Å²) in [7, 11) is 0. The number of ether oxygens (including phenoxy) is 1. The molecule has 2 rings (SSSR count). The van der Waals surface area contributed by atoms with Crippen LogP contribution in [0.5, 0.6) is 0 Å². The summed E-state index contributed by atoms with van der Waals surface area (Å²) in [5.41, 5.74) is 1.28. The van der Waals surface area contributed by atoms with Crippen molar-refractivity contribution >= 4 is 5.69 Å². The van der Waals surface area contributed by atoms with Gasteiger partial charge in [-0.3, -0.25) is 0 Å². The molecule has 0 saturated carbocycles. The summed E-state index contributed by atoms with van der Waals surface area (Å²) in [4.78, 5) is 0. The molecule has 1 aromatic carbocycles. The lowest BCUT2D eigenvalue weighted by Crippen LogP contribution is -2.32. The molecule has 0 spiro atoms. The summed E-state index contributed by atoms with van der Waals surface area (Å²) in [5.74, 6) is -0.297. The molecule has 4 heteroatoms. The van der Waals surface area contributed by atoms with Crippen LogP contribution < -0.4 is 5.32 Å². The summed E-state index contributed by atoms with van der Waals surface area (Å²) >= 11 is 0. The Bertz CT molecular complexity index is 336. The number of aryl methyl sites for hydroxylation is 1. The summed E-state index contributed by atoms with van der Waals surface area (Å²) < 4.78 is 18.5. The average Bonchev–Trinajstić information content (AvgIpc) is 2.58. The zero-order valence-corrected chi connectivity index (χ0v) is 8.53. The highest BCUT2D eigenvalue weighted by Crippen LogP contribution is 2.21. The molecule has 1 saturated heterocycles. The first-order chi connectivity index (χ1) is 7.18. The zero-order valence-electron chi connectivity index (χ0n) is 8.53. The molecule has 1 aliphatic heterocycles. The Morgan fingerprint density at radius 2 is 2.27 bits per heavy atom. The highest BCUT2D eigenvalue weighted by Gasteiger charge is 2.26. The van der Waals surface area contributed by atoms with Gasteiger partial charge in [-0.05, 0) is 18.6 Å². The number of anilines is 1. The van der Waals surface area contributed by atoms with Gasteiger partial charge in [-0.2, -0.15) is 0 Å². The molecule has 1 aromatic rings. The van der Waals surface area contributed by atoms with Crippen molar-refractivity contribution in [1.29, 1.82) is 0 Å². The minimum absolute atomic E-state index is 0.222. The normalized spacial score (nSPS) is 25.5. The van der Waals surface area contributed by atoms with Crippen LogP contribution in [0.15, 0.2) is 18.2 Å². The molecule has 15 heavy (non-hydrogen) atoms. The quantitative estimate of drug-likeness (QED) is 0.775. The maximum absolute atomic E-state index is 13.4. The van der Waals surface area contributed by atoms with Gasteiger partial charge in [-0.15, -0.1) is 0 Å². The third kappa shape index (κ3) is 2.11. The van der Waals surface area contributed by atoms with E-state index in [-0.39, 0.29) is 11.9 Å². The first kappa shape index (κ1) is 10.4. The zero-order chi connectivity index (χ0) is 10.8. The molecule has 0 radical (unpaired) electrons. The van der Waals surface area contributed by atoms with Crippen molar-refractivity contribution in [3.63, 3.8) is 0 Å². The molecule has 1 fully saturated rings. The summed E-state index contributed by atoms with van der Waals surface area (Å²) in [6, 6.07) is 4.67. The van der Waals surface area contributed by atoms with Gasteiger partial charge in [0.2, 0.25) is 0 Å². The second kappa shape index (κ2) is 4.16. The van der Waals surface area contributed by atoms with E-state index in [1.54, 1.807) is 6.07 Å². The second-order valence-electron chi connectivity index (χ2n) is 3.79. The van der Waals surface area contributed by atoms with E-state index in [2.05, 4.69) is 5.32 Å². The molecule has 3 nitrogen and oxygen atoms in total. The van der Waals surface area contributed by atoms with Gasteiger partial charge in [0.25, 0.3) is 0 Å². The number of para-hydroxylation sites is 1. The van der Waals surface area contributed by atoms with E-state index in [1.165, 1.54) is 6.07 Å². The van der Waals surface area contributed by atoms with E-state index in [9.17, 15) is 9.50 Å². The van der Waals surface area contributed by atoms with Crippen molar-refractivity contribution in [3.8, 4) is 0 Å². The molecular formula is C11H14FNO2. The van der Waals surface area contributed by atoms with Crippen LogP contribution in [-0.4, -0.2) is 30.5 Å². The van der Waals surface area contributed by atoms with Crippen molar-refractivity contribution < 1.29 is 14.2 Å². The van der Waals surface area contributed by atoms with Crippen molar-refractivity contribution in [2.45, 2.75) is 19.1 Å². The van der Waals surface area contributed by atoms with Crippen LogP contribution in [0.4, 0.5) is 10.1 Å². The number of aliphatic hydroxyl groups excluding tert-OH is 1. The average molecular weight is 211 g/mol. The lowest BCUT2D eigenvalue weighted by atomic mass is 10.1. The van der Waals surface area contributed by atoms with Crippen LogP contribution in [0, 0.1) is 12.7 Å². The molecule has 0 bridgehead atoms. The molecule has 82 valence electrons. The molecule has 1 aliphatic rings. The molecular weight excluding hydrogens is 197 g/mol. The Morgan fingerprint density at radius 1 is 1.47 bits per heavy atom. The standard InChI is InChI=1S/C11H14FNO2/c1-7-3-2-4-8(12)11(7)13-9-5-15-6-10(9)14/h2-4,9-10,13-14H,5-6H2,1H3. The second-order valence-corrected chi connectivity index (χ2v) is 3.79. The van der Waals surface area contributed by atoms with Gasteiger partial charge < -0.3 is 15.2 Å². The number of halogens is 1. The van der Waals surface area contributed by atoms with Crippen LogP contribution in [0.2, 0.25) is 0 Å². The number of aliphatic hydroxyl groups is 1. The SMILES string of the molecule is Cc1cccc(F)c1NC1COCC1O. The van der Waals surface area contributed by atoms with E-state index in [1.807, 2.05) is 13.0 Å². The lowest BCUT2D eigenvalue weighted by molar-refractivity contribution is 0.125. The number of hydrogen-bond acceptors (Lipinski definition) is 3. The van der Waals surface area contributed by atoms with Crippen LogP contribution in [0.1, 0.15) is 5.56 Å². The number of benzene rings is 1. The summed E-state index contributed by atoms with van der Waals surface area (Å²) in [5, 5.41) is 12.5. The lowest BCUT2D eigenvalue weighted by Gasteiger charge is -2.18. The van der Waals surface area contributed by atoms with Crippen LogP contribution in [0.3, 0.4) is 0 Å². The highest BCUT2D eigenvalue weighted by molar-refractivity contribution is 5.52. The molecule has 2 atom stereocenters. The Kier molecular flexibility index (Phi) is 2.88. The van der Waals surface area contributed by atoms with E-state index in [4.69, 9.17) is 4.74 Å². The Labute approximate surface area is 87.9 Å². The Balaban J connectivity index is 2.16. The van der Waals surface area contributed by atoms with Crippen LogP contribution >= 0.6 is 0 Å². The maximum atomic E-state index is 13.4. The maximum Gasteiger partial charge on any atom is 0.146 e. The fourth-order valence-electron chi connectivity index (χ4n) is 1.68. The van der Waals surface area contributed by atoms with E-state index in [0.29, 0.717) is 18.9 Å². The highest BCUT2D eigenvalue weighted by atomic mass is 19.1. The van der Waals surface area contributed by atoms with Gasteiger partial charge in [-0.25, -0.2) is 4.39 Å². The molecule has 0 amide bonds. The van der Waals surface area contributed by atoms with Crippen molar-refractivity contribution in [2.75, 3.05) is 18.5 Å². The largest absolute Gasteiger partial charge is 0.388 e. The van der Waals surface area contributed by atoms with Gasteiger partial charge in [0.15, 0.2) is 0 Å². The number of nitrogens with one attached hydrogen (secondary N) is 1. The van der Waals surface area contributed by atoms with Crippen molar-refractivity contribution in [3.05, 3.63) is 29.6 Å². The van der Waals surface area contributed by atoms with E-state index < -0.39 is 6.10 Å². The van der Waals surface area contributed by atoms with Crippen molar-refractivity contribution in [2.24, 2.45) is 0 Å². The Hall–Kier alpha value is -1.13. The third-order valence-electron chi connectivity index (χ3n) is 2.60. The third-order valence-corrected chi connectivity index (χ3v) is 2.60. The first-order valence-electron chi connectivity index (χ1n) is 4.96. The minimum Gasteiger partial charge on any atom is -0.388 e.